The first kappa shape index (κ1) is 24.5. The van der Waals surface area contributed by atoms with Crippen molar-refractivity contribution in [1.29, 1.82) is 0 Å². The molecule has 0 bridgehead atoms. The van der Waals surface area contributed by atoms with E-state index in [9.17, 15) is 4.79 Å². The fourth-order valence-corrected chi connectivity index (χ4v) is 4.76. The number of aromatic nitrogens is 4. The van der Waals surface area contributed by atoms with Crippen LogP contribution >= 0.6 is 23.6 Å². The van der Waals surface area contributed by atoms with Gasteiger partial charge in [0.05, 0.1) is 0 Å². The zero-order valence-corrected chi connectivity index (χ0v) is 21.9. The van der Waals surface area contributed by atoms with Gasteiger partial charge in [-0.3, -0.25) is 10.1 Å². The highest BCUT2D eigenvalue weighted by Crippen LogP contribution is 2.28. The van der Waals surface area contributed by atoms with E-state index in [0.717, 1.165) is 44.6 Å². The van der Waals surface area contributed by atoms with Crippen molar-refractivity contribution in [3.8, 4) is 16.3 Å². The van der Waals surface area contributed by atoms with E-state index in [4.69, 9.17) is 17.0 Å². The van der Waals surface area contributed by atoms with Crippen LogP contribution in [0.15, 0.2) is 72.8 Å². The van der Waals surface area contributed by atoms with Gasteiger partial charge < -0.3 is 10.1 Å². The number of fused-ring (bicyclic) bond motifs is 1. The second kappa shape index (κ2) is 10.9. The zero-order valence-electron chi connectivity index (χ0n) is 20.3. The summed E-state index contributed by atoms with van der Waals surface area (Å²) in [5.41, 5.74) is 4.31. The van der Waals surface area contributed by atoms with Crippen molar-refractivity contribution in [1.82, 2.24) is 25.1 Å². The lowest BCUT2D eigenvalue weighted by molar-refractivity contribution is 0.0977. The number of hydrogen-bond donors (Lipinski definition) is 2. The quantitative estimate of drug-likeness (QED) is 0.272. The maximum Gasteiger partial charge on any atom is 0.257 e. The average Bonchev–Trinajstić information content (AvgIpc) is 3.50. The molecule has 0 aliphatic carbocycles. The van der Waals surface area contributed by atoms with Gasteiger partial charge in [0.25, 0.3) is 5.91 Å². The van der Waals surface area contributed by atoms with Crippen molar-refractivity contribution in [2.45, 2.75) is 26.9 Å². The first-order valence-electron chi connectivity index (χ1n) is 11.7. The summed E-state index contributed by atoms with van der Waals surface area (Å²) < 4.78 is 7.57. The fraction of sp³-hybridized carbons (Fsp3) is 0.148. The predicted octanol–water partition coefficient (Wildman–Crippen LogP) is 5.43. The minimum atomic E-state index is -0.298. The van der Waals surface area contributed by atoms with E-state index in [2.05, 4.69) is 25.9 Å². The molecular weight excluding hydrogens is 504 g/mol. The van der Waals surface area contributed by atoms with E-state index < -0.39 is 0 Å². The summed E-state index contributed by atoms with van der Waals surface area (Å²) in [6, 6.07) is 22.8. The third-order valence-corrected chi connectivity index (χ3v) is 6.84. The van der Waals surface area contributed by atoms with Crippen molar-refractivity contribution in [2.24, 2.45) is 0 Å². The molecule has 0 spiro atoms. The lowest BCUT2D eigenvalue weighted by Gasteiger charge is -2.13. The number of carbonyl (C=O) groups is 1. The lowest BCUT2D eigenvalue weighted by atomic mass is 10.1. The molecule has 0 unspecified atom stereocenters. The zero-order chi connectivity index (χ0) is 25.8. The smallest absolute Gasteiger partial charge is 0.257 e. The minimum Gasteiger partial charge on any atom is -0.489 e. The maximum atomic E-state index is 12.7. The molecule has 10 heteroatoms. The first-order valence-corrected chi connectivity index (χ1v) is 12.9. The summed E-state index contributed by atoms with van der Waals surface area (Å²) in [4.78, 5) is 13.4. The molecule has 2 aromatic heterocycles. The fourth-order valence-electron chi connectivity index (χ4n) is 3.70. The summed E-state index contributed by atoms with van der Waals surface area (Å²) in [7, 11) is 0. The van der Waals surface area contributed by atoms with E-state index in [1.54, 1.807) is 28.8 Å². The van der Waals surface area contributed by atoms with Gasteiger partial charge in [0.1, 0.15) is 17.4 Å². The maximum absolute atomic E-state index is 12.7. The Labute approximate surface area is 223 Å². The summed E-state index contributed by atoms with van der Waals surface area (Å²) in [6.45, 7) is 4.46. The highest BCUT2D eigenvalue weighted by Gasteiger charge is 2.14. The summed E-state index contributed by atoms with van der Waals surface area (Å²) >= 11 is 6.87. The number of carbonyl (C=O) groups excluding carboxylic acids is 1. The van der Waals surface area contributed by atoms with Crippen LogP contribution in [0.3, 0.4) is 0 Å². The third kappa shape index (κ3) is 5.65. The molecule has 0 radical (unpaired) electrons. The van der Waals surface area contributed by atoms with Crippen LogP contribution in [0.1, 0.15) is 34.2 Å². The van der Waals surface area contributed by atoms with Crippen LogP contribution in [0.5, 0.6) is 5.75 Å². The number of aryl methyl sites for hydroxylation is 2. The highest BCUT2D eigenvalue weighted by molar-refractivity contribution is 7.80. The Balaban J connectivity index is 1.18. The van der Waals surface area contributed by atoms with Gasteiger partial charge in [-0.05, 0) is 72.7 Å². The first-order chi connectivity index (χ1) is 18.0. The van der Waals surface area contributed by atoms with Gasteiger partial charge in [-0.1, -0.05) is 48.6 Å². The molecule has 0 fully saturated rings. The molecule has 0 aliphatic rings. The summed E-state index contributed by atoms with van der Waals surface area (Å²) in [5.74, 6) is 1.23. The molecule has 1 amide bonds. The Morgan fingerprint density at radius 1 is 1.05 bits per heavy atom. The van der Waals surface area contributed by atoms with Crippen LogP contribution in [0.4, 0.5) is 5.69 Å². The number of amides is 1. The van der Waals surface area contributed by atoms with E-state index in [1.807, 2.05) is 62.4 Å². The van der Waals surface area contributed by atoms with Crippen LogP contribution in [0.25, 0.3) is 15.5 Å². The summed E-state index contributed by atoms with van der Waals surface area (Å²) in [5, 5.41) is 19.9. The van der Waals surface area contributed by atoms with Crippen molar-refractivity contribution in [3.63, 3.8) is 0 Å². The highest BCUT2D eigenvalue weighted by atomic mass is 32.1. The third-order valence-electron chi connectivity index (χ3n) is 5.69. The second-order valence-electron chi connectivity index (χ2n) is 8.31. The van der Waals surface area contributed by atoms with E-state index in [-0.39, 0.29) is 11.0 Å². The standard InChI is InChI=1S/C27H24N6O2S2/c1-3-23-30-31-27-33(23)32-25(37-27)20-11-14-22(17(2)15-20)28-26(36)29-24(34)19-9-12-21(13-10-19)35-16-18-7-5-4-6-8-18/h4-15H,3,16H2,1-2H3,(H2,28,29,34,36). The molecule has 5 aromatic rings. The van der Waals surface area contributed by atoms with Crippen LogP contribution in [-0.4, -0.2) is 30.8 Å². The van der Waals surface area contributed by atoms with E-state index >= 15 is 0 Å². The molecule has 3 aromatic carbocycles. The molecular formula is C27H24N6O2S2. The van der Waals surface area contributed by atoms with Gasteiger partial charge in [0.2, 0.25) is 4.96 Å². The van der Waals surface area contributed by atoms with Gasteiger partial charge in [-0.15, -0.1) is 10.2 Å². The van der Waals surface area contributed by atoms with Crippen molar-refractivity contribution < 1.29 is 9.53 Å². The Hall–Kier alpha value is -4.15. The van der Waals surface area contributed by atoms with Crippen LogP contribution in [-0.2, 0) is 13.0 Å². The Morgan fingerprint density at radius 3 is 2.57 bits per heavy atom. The topological polar surface area (TPSA) is 93.4 Å². The van der Waals surface area contributed by atoms with Gasteiger partial charge >= 0.3 is 0 Å². The Kier molecular flexibility index (Phi) is 7.20. The van der Waals surface area contributed by atoms with Gasteiger partial charge in [0, 0.05) is 23.2 Å². The van der Waals surface area contributed by atoms with Crippen LogP contribution < -0.4 is 15.4 Å². The van der Waals surface area contributed by atoms with E-state index in [1.165, 1.54) is 11.3 Å². The SMILES string of the molecule is CCc1nnc2sc(-c3ccc(NC(=S)NC(=O)c4ccc(OCc5ccccc5)cc4)c(C)c3)nn12. The predicted molar refractivity (Wildman–Crippen MR) is 149 cm³/mol. The summed E-state index contributed by atoms with van der Waals surface area (Å²) in [6.07, 6.45) is 0.765. The molecule has 0 saturated heterocycles. The van der Waals surface area contributed by atoms with Gasteiger partial charge in [-0.2, -0.15) is 9.61 Å². The van der Waals surface area contributed by atoms with Crippen molar-refractivity contribution >= 4 is 45.2 Å². The van der Waals surface area contributed by atoms with Gasteiger partial charge in [-0.25, -0.2) is 0 Å². The largest absolute Gasteiger partial charge is 0.489 e. The van der Waals surface area contributed by atoms with Crippen LogP contribution in [0.2, 0.25) is 0 Å². The van der Waals surface area contributed by atoms with Crippen molar-refractivity contribution in [2.75, 3.05) is 5.32 Å². The van der Waals surface area contributed by atoms with Crippen molar-refractivity contribution in [3.05, 3.63) is 95.3 Å². The molecule has 0 saturated carbocycles. The molecule has 186 valence electrons. The Bertz CT molecular complexity index is 1560. The number of benzene rings is 3. The number of thiocarbonyl (C=S) groups is 1. The molecule has 2 heterocycles. The molecule has 8 nitrogen and oxygen atoms in total. The minimum absolute atomic E-state index is 0.219. The molecule has 37 heavy (non-hydrogen) atoms. The normalized spacial score (nSPS) is 10.9. The molecule has 0 atom stereocenters. The Morgan fingerprint density at radius 2 is 1.84 bits per heavy atom. The number of hydrogen-bond acceptors (Lipinski definition) is 7. The number of anilines is 1. The number of rotatable bonds is 7. The molecule has 0 aliphatic heterocycles. The molecule has 2 N–H and O–H groups in total. The number of ether oxygens (including phenoxy) is 1. The lowest BCUT2D eigenvalue weighted by Crippen LogP contribution is -2.34. The number of nitrogens with one attached hydrogen (secondary N) is 2. The second-order valence-corrected chi connectivity index (χ2v) is 9.67. The average molecular weight is 529 g/mol. The monoisotopic (exact) mass is 528 g/mol. The van der Waals surface area contributed by atoms with Crippen LogP contribution in [0, 0.1) is 6.92 Å². The molecule has 5 rings (SSSR count). The van der Waals surface area contributed by atoms with E-state index in [0.29, 0.717) is 17.9 Å². The van der Waals surface area contributed by atoms with Gasteiger partial charge in [0.15, 0.2) is 10.9 Å². The number of nitrogens with zero attached hydrogens (tertiary/aromatic N) is 4.